The molecular formula is C30H31FN4O4S. The van der Waals surface area contributed by atoms with Gasteiger partial charge in [-0.2, -0.15) is 0 Å². The van der Waals surface area contributed by atoms with Crippen LogP contribution >= 0.6 is 0 Å². The fraction of sp³-hybridized carbons (Fsp3) is 0.367. The van der Waals surface area contributed by atoms with Crippen LogP contribution in [-0.2, 0) is 20.2 Å². The predicted molar refractivity (Wildman–Crippen MR) is 149 cm³/mol. The second kappa shape index (κ2) is 9.69. The molecule has 1 aliphatic carbocycles. The average Bonchev–Trinajstić information content (AvgIpc) is 3.73. The summed E-state index contributed by atoms with van der Waals surface area (Å²) in [6.45, 7) is 4.40. The lowest BCUT2D eigenvalue weighted by molar-refractivity contribution is -0.130. The number of carbonyl (C=O) groups is 2. The SMILES string of the molecule is CC(=O)N1CCC2(CC1)c1cc(C(=O)Nc3cccc(C)n3)ccc1N(S(=O)(=O)c1ccc(F)cc1)C2C1CC1. The van der Waals surface area contributed by atoms with Crippen LogP contribution in [0.5, 0.6) is 0 Å². The van der Waals surface area contributed by atoms with Gasteiger partial charge in [0.2, 0.25) is 5.91 Å². The molecular weight excluding hydrogens is 531 g/mol. The van der Waals surface area contributed by atoms with Gasteiger partial charge in [0.05, 0.1) is 16.6 Å². The molecule has 1 saturated heterocycles. The van der Waals surface area contributed by atoms with E-state index in [1.54, 1.807) is 30.0 Å². The van der Waals surface area contributed by atoms with Crippen molar-refractivity contribution < 1.29 is 22.4 Å². The normalized spacial score (nSPS) is 19.9. The van der Waals surface area contributed by atoms with Crippen LogP contribution < -0.4 is 9.62 Å². The Morgan fingerprint density at radius 2 is 1.73 bits per heavy atom. The summed E-state index contributed by atoms with van der Waals surface area (Å²) in [5.41, 5.74) is 1.97. The second-order valence-electron chi connectivity index (χ2n) is 11.0. The van der Waals surface area contributed by atoms with E-state index in [4.69, 9.17) is 0 Å². The van der Waals surface area contributed by atoms with Crippen LogP contribution in [0, 0.1) is 18.7 Å². The van der Waals surface area contributed by atoms with E-state index in [-0.39, 0.29) is 28.7 Å². The Morgan fingerprint density at radius 3 is 2.35 bits per heavy atom. The minimum Gasteiger partial charge on any atom is -0.343 e. The summed E-state index contributed by atoms with van der Waals surface area (Å²) in [5.74, 6) is -0.261. The van der Waals surface area contributed by atoms with Crippen LogP contribution in [0.3, 0.4) is 0 Å². The van der Waals surface area contributed by atoms with E-state index in [1.807, 2.05) is 25.1 Å². The molecule has 1 saturated carbocycles. The number of anilines is 2. The zero-order chi connectivity index (χ0) is 28.2. The number of aryl methyl sites for hydroxylation is 1. The molecule has 1 atom stereocenters. The molecule has 1 unspecified atom stereocenters. The van der Waals surface area contributed by atoms with Crippen LogP contribution in [0.25, 0.3) is 0 Å². The maximum atomic E-state index is 14.2. The smallest absolute Gasteiger partial charge is 0.264 e. The highest BCUT2D eigenvalue weighted by Crippen LogP contribution is 2.59. The number of likely N-dealkylation sites (tertiary alicyclic amines) is 1. The van der Waals surface area contributed by atoms with Crippen molar-refractivity contribution >= 4 is 33.3 Å². The zero-order valence-corrected chi connectivity index (χ0v) is 23.2. The number of rotatable bonds is 5. The lowest BCUT2D eigenvalue weighted by atomic mass is 9.68. The van der Waals surface area contributed by atoms with Crippen LogP contribution in [0.4, 0.5) is 15.9 Å². The van der Waals surface area contributed by atoms with Gasteiger partial charge < -0.3 is 10.2 Å². The van der Waals surface area contributed by atoms with E-state index in [2.05, 4.69) is 10.3 Å². The third-order valence-corrected chi connectivity index (χ3v) is 10.3. The van der Waals surface area contributed by atoms with E-state index in [0.717, 1.165) is 36.2 Å². The fourth-order valence-electron chi connectivity index (χ4n) is 6.44. The molecule has 2 fully saturated rings. The summed E-state index contributed by atoms with van der Waals surface area (Å²) in [5, 5.41) is 2.85. The van der Waals surface area contributed by atoms with Crippen LogP contribution in [0.1, 0.15) is 54.2 Å². The topological polar surface area (TPSA) is 99.7 Å². The van der Waals surface area contributed by atoms with Crippen molar-refractivity contribution in [2.75, 3.05) is 22.7 Å². The van der Waals surface area contributed by atoms with Gasteiger partial charge in [0.25, 0.3) is 15.9 Å². The largest absolute Gasteiger partial charge is 0.343 e. The zero-order valence-electron chi connectivity index (χ0n) is 22.4. The van der Waals surface area contributed by atoms with Crippen molar-refractivity contribution in [3.05, 3.63) is 83.3 Å². The van der Waals surface area contributed by atoms with E-state index in [1.165, 1.54) is 16.4 Å². The van der Waals surface area contributed by atoms with Gasteiger partial charge in [0.1, 0.15) is 11.6 Å². The minimum absolute atomic E-state index is 0.00869. The molecule has 208 valence electrons. The van der Waals surface area contributed by atoms with Gasteiger partial charge in [0.15, 0.2) is 0 Å². The minimum atomic E-state index is -4.04. The van der Waals surface area contributed by atoms with E-state index >= 15 is 0 Å². The number of halogens is 1. The van der Waals surface area contributed by atoms with Crippen LogP contribution in [0.2, 0.25) is 0 Å². The van der Waals surface area contributed by atoms with Crippen molar-refractivity contribution in [2.24, 2.45) is 5.92 Å². The number of hydrogen-bond donors (Lipinski definition) is 1. The number of hydrogen-bond acceptors (Lipinski definition) is 5. The van der Waals surface area contributed by atoms with Gasteiger partial charge in [-0.15, -0.1) is 0 Å². The lowest BCUT2D eigenvalue weighted by Crippen LogP contribution is -2.54. The molecule has 2 amide bonds. The molecule has 3 aromatic rings. The Bertz CT molecular complexity index is 1600. The predicted octanol–water partition coefficient (Wildman–Crippen LogP) is 4.65. The van der Waals surface area contributed by atoms with Gasteiger partial charge in [-0.25, -0.2) is 17.8 Å². The van der Waals surface area contributed by atoms with Crippen LogP contribution in [0.15, 0.2) is 65.6 Å². The Hall–Kier alpha value is -3.79. The molecule has 1 aromatic heterocycles. The first-order chi connectivity index (χ1) is 19.1. The summed E-state index contributed by atoms with van der Waals surface area (Å²) in [6.07, 6.45) is 2.97. The van der Waals surface area contributed by atoms with Gasteiger partial charge in [-0.3, -0.25) is 13.9 Å². The van der Waals surface area contributed by atoms with E-state index < -0.39 is 21.3 Å². The number of fused-ring (bicyclic) bond motifs is 2. The first kappa shape index (κ1) is 26.4. The monoisotopic (exact) mass is 562 g/mol. The molecule has 0 bridgehead atoms. The molecule has 10 heteroatoms. The molecule has 3 heterocycles. The number of piperidine rings is 1. The average molecular weight is 563 g/mol. The van der Waals surface area contributed by atoms with Gasteiger partial charge in [0, 0.05) is 36.7 Å². The Labute approximate surface area is 233 Å². The van der Waals surface area contributed by atoms with Crippen molar-refractivity contribution in [2.45, 2.75) is 55.9 Å². The summed E-state index contributed by atoms with van der Waals surface area (Å²) in [7, 11) is -4.04. The summed E-state index contributed by atoms with van der Waals surface area (Å²) < 4.78 is 43.6. The highest BCUT2D eigenvalue weighted by molar-refractivity contribution is 7.92. The van der Waals surface area contributed by atoms with Gasteiger partial charge in [-0.05, 0) is 98.7 Å². The maximum absolute atomic E-state index is 14.2. The third-order valence-electron chi connectivity index (χ3n) is 8.52. The van der Waals surface area contributed by atoms with Gasteiger partial charge >= 0.3 is 0 Å². The number of pyridine rings is 1. The second-order valence-corrected chi connectivity index (χ2v) is 12.9. The molecule has 3 aliphatic rings. The number of benzene rings is 2. The number of nitrogens with zero attached hydrogens (tertiary/aromatic N) is 3. The Kier molecular flexibility index (Phi) is 6.40. The fourth-order valence-corrected chi connectivity index (χ4v) is 8.24. The molecule has 6 rings (SSSR count). The first-order valence-electron chi connectivity index (χ1n) is 13.6. The molecule has 1 spiro atoms. The van der Waals surface area contributed by atoms with E-state index in [9.17, 15) is 22.4 Å². The Morgan fingerprint density at radius 1 is 1.02 bits per heavy atom. The summed E-state index contributed by atoms with van der Waals surface area (Å²) in [6, 6.07) is 15.1. The molecule has 40 heavy (non-hydrogen) atoms. The first-order valence-corrected chi connectivity index (χ1v) is 15.0. The molecule has 8 nitrogen and oxygen atoms in total. The quantitative estimate of drug-likeness (QED) is 0.488. The third kappa shape index (κ3) is 4.44. The molecule has 2 aromatic carbocycles. The highest BCUT2D eigenvalue weighted by Gasteiger charge is 2.60. The summed E-state index contributed by atoms with van der Waals surface area (Å²) >= 11 is 0. The van der Waals surface area contributed by atoms with Gasteiger partial charge in [-0.1, -0.05) is 6.07 Å². The molecule has 0 radical (unpaired) electrons. The molecule has 2 aliphatic heterocycles. The number of aromatic nitrogens is 1. The number of amides is 2. The number of sulfonamides is 1. The lowest BCUT2D eigenvalue weighted by Gasteiger charge is -2.45. The highest BCUT2D eigenvalue weighted by atomic mass is 32.2. The van der Waals surface area contributed by atoms with Crippen molar-refractivity contribution in [1.29, 1.82) is 0 Å². The maximum Gasteiger partial charge on any atom is 0.264 e. The van der Waals surface area contributed by atoms with Crippen molar-refractivity contribution in [1.82, 2.24) is 9.88 Å². The molecule has 1 N–H and O–H groups in total. The van der Waals surface area contributed by atoms with Crippen molar-refractivity contribution in [3.8, 4) is 0 Å². The number of carbonyl (C=O) groups excluding carboxylic acids is 2. The Balaban J connectivity index is 1.46. The summed E-state index contributed by atoms with van der Waals surface area (Å²) in [4.78, 5) is 31.7. The van der Waals surface area contributed by atoms with Crippen LogP contribution in [-0.4, -0.2) is 49.2 Å². The van der Waals surface area contributed by atoms with Crippen molar-refractivity contribution in [3.63, 3.8) is 0 Å². The standard InChI is InChI=1S/C30H31FN4O4S/c1-19-4-3-5-27(32-19)33-29(37)22-8-13-26-25(18-22)30(14-16-34(17-15-30)20(2)36)28(21-6-7-21)35(26)40(38,39)24-11-9-23(31)10-12-24/h3-5,8-13,18,21,28H,6-7,14-17H2,1-2H3,(H,32,33,37). The van der Waals surface area contributed by atoms with E-state index in [0.29, 0.717) is 43.0 Å². The number of nitrogens with one attached hydrogen (secondary N) is 1.